The number of nitrogens with zero attached hydrogens (tertiary/aromatic N) is 3. The Morgan fingerprint density at radius 1 is 1.50 bits per heavy atom. The summed E-state index contributed by atoms with van der Waals surface area (Å²) in [6.45, 7) is 2.86. The Labute approximate surface area is 83.2 Å². The topological polar surface area (TPSA) is 58.1 Å². The van der Waals surface area contributed by atoms with Crippen LogP contribution >= 0.6 is 0 Å². The fourth-order valence-electron chi connectivity index (χ4n) is 0.856. The zero-order valence-electron chi connectivity index (χ0n) is 8.40. The molecule has 1 rings (SSSR count). The SMILES string of the molecule is CCN(C)C(=O)CNc1ncccn1. The van der Waals surface area contributed by atoms with Gasteiger partial charge in [0.05, 0.1) is 6.54 Å². The number of carbonyl (C=O) groups is 1. The summed E-state index contributed by atoms with van der Waals surface area (Å²) in [5.74, 6) is 0.505. The average Bonchev–Trinajstić information content (AvgIpc) is 2.26. The van der Waals surface area contributed by atoms with Gasteiger partial charge in [-0.2, -0.15) is 0 Å². The van der Waals surface area contributed by atoms with Crippen molar-refractivity contribution in [3.05, 3.63) is 18.5 Å². The molecule has 5 nitrogen and oxygen atoms in total. The highest BCUT2D eigenvalue weighted by atomic mass is 16.2. The minimum absolute atomic E-state index is 0.0277. The molecule has 5 heteroatoms. The van der Waals surface area contributed by atoms with E-state index < -0.39 is 0 Å². The van der Waals surface area contributed by atoms with Crippen LogP contribution in [0.1, 0.15) is 6.92 Å². The lowest BCUT2D eigenvalue weighted by molar-refractivity contribution is -0.127. The fraction of sp³-hybridized carbons (Fsp3) is 0.444. The van der Waals surface area contributed by atoms with Gasteiger partial charge in [0.2, 0.25) is 11.9 Å². The fourth-order valence-corrected chi connectivity index (χ4v) is 0.856. The number of anilines is 1. The molecule has 14 heavy (non-hydrogen) atoms. The van der Waals surface area contributed by atoms with Crippen LogP contribution in [0.4, 0.5) is 5.95 Å². The van der Waals surface area contributed by atoms with Gasteiger partial charge in [-0.1, -0.05) is 0 Å². The smallest absolute Gasteiger partial charge is 0.241 e. The van der Waals surface area contributed by atoms with Crippen molar-refractivity contribution in [2.24, 2.45) is 0 Å². The average molecular weight is 194 g/mol. The van der Waals surface area contributed by atoms with Crippen LogP contribution in [0.5, 0.6) is 0 Å². The molecule has 1 aromatic rings. The number of nitrogens with one attached hydrogen (secondary N) is 1. The monoisotopic (exact) mass is 194 g/mol. The Bertz CT molecular complexity index is 288. The predicted octanol–water partition coefficient (Wildman–Crippen LogP) is 0.367. The van der Waals surface area contributed by atoms with Gasteiger partial charge in [-0.3, -0.25) is 4.79 Å². The maximum atomic E-state index is 11.4. The van der Waals surface area contributed by atoms with Crippen molar-refractivity contribution in [1.29, 1.82) is 0 Å². The van der Waals surface area contributed by atoms with Gasteiger partial charge in [-0.25, -0.2) is 9.97 Å². The van der Waals surface area contributed by atoms with Crippen molar-refractivity contribution < 1.29 is 4.79 Å². The van der Waals surface area contributed by atoms with Crippen LogP contribution in [-0.4, -0.2) is 40.9 Å². The molecule has 1 N–H and O–H groups in total. The first-order chi connectivity index (χ1) is 6.74. The molecule has 76 valence electrons. The highest BCUT2D eigenvalue weighted by Gasteiger charge is 2.05. The van der Waals surface area contributed by atoms with E-state index in [1.54, 1.807) is 30.4 Å². The van der Waals surface area contributed by atoms with Crippen molar-refractivity contribution in [3.63, 3.8) is 0 Å². The molecule has 0 saturated carbocycles. The largest absolute Gasteiger partial charge is 0.345 e. The molecule has 0 unspecified atom stereocenters. The van der Waals surface area contributed by atoms with Crippen LogP contribution in [0.2, 0.25) is 0 Å². The van der Waals surface area contributed by atoms with Crippen molar-refractivity contribution in [2.45, 2.75) is 6.92 Å². The molecule has 0 radical (unpaired) electrons. The first kappa shape index (κ1) is 10.4. The standard InChI is InChI=1S/C9H14N4O/c1-3-13(2)8(14)7-12-9-10-5-4-6-11-9/h4-6H,3,7H2,1-2H3,(H,10,11,12). The van der Waals surface area contributed by atoms with Gasteiger partial charge in [0.15, 0.2) is 0 Å². The zero-order chi connectivity index (χ0) is 10.4. The van der Waals surface area contributed by atoms with Gasteiger partial charge in [0.1, 0.15) is 0 Å². The van der Waals surface area contributed by atoms with Crippen molar-refractivity contribution >= 4 is 11.9 Å². The number of hydrogen-bond donors (Lipinski definition) is 1. The minimum atomic E-state index is 0.0277. The van der Waals surface area contributed by atoms with Crippen LogP contribution in [-0.2, 0) is 4.79 Å². The number of rotatable bonds is 4. The highest BCUT2D eigenvalue weighted by molar-refractivity contribution is 5.79. The normalized spacial score (nSPS) is 9.57. The third kappa shape index (κ3) is 3.01. The maximum absolute atomic E-state index is 11.4. The summed E-state index contributed by atoms with van der Waals surface area (Å²) in [6, 6.07) is 1.73. The van der Waals surface area contributed by atoms with Crippen molar-refractivity contribution in [3.8, 4) is 0 Å². The molecule has 1 amide bonds. The number of hydrogen-bond acceptors (Lipinski definition) is 4. The molecule has 1 heterocycles. The number of amides is 1. The van der Waals surface area contributed by atoms with E-state index >= 15 is 0 Å². The Morgan fingerprint density at radius 2 is 2.14 bits per heavy atom. The number of likely N-dealkylation sites (N-methyl/N-ethyl adjacent to an activating group) is 1. The Hall–Kier alpha value is -1.65. The maximum Gasteiger partial charge on any atom is 0.241 e. The first-order valence-electron chi connectivity index (χ1n) is 4.49. The second-order valence-electron chi connectivity index (χ2n) is 2.83. The highest BCUT2D eigenvalue weighted by Crippen LogP contribution is 1.93. The summed E-state index contributed by atoms with van der Waals surface area (Å²) in [4.78, 5) is 20.9. The molecule has 0 bridgehead atoms. The summed E-state index contributed by atoms with van der Waals surface area (Å²) >= 11 is 0. The van der Waals surface area contributed by atoms with Crippen molar-refractivity contribution in [2.75, 3.05) is 25.5 Å². The molecule has 0 aromatic carbocycles. The summed E-state index contributed by atoms with van der Waals surface area (Å²) in [5.41, 5.74) is 0. The second-order valence-corrected chi connectivity index (χ2v) is 2.83. The molecule has 0 aliphatic heterocycles. The van der Waals surface area contributed by atoms with Crippen LogP contribution in [0.3, 0.4) is 0 Å². The van der Waals surface area contributed by atoms with E-state index in [1.165, 1.54) is 0 Å². The van der Waals surface area contributed by atoms with E-state index in [2.05, 4.69) is 15.3 Å². The van der Waals surface area contributed by atoms with Crippen LogP contribution < -0.4 is 5.32 Å². The molecule has 0 aliphatic carbocycles. The summed E-state index contributed by atoms with van der Waals surface area (Å²) in [6.07, 6.45) is 3.26. The predicted molar refractivity (Wildman–Crippen MR) is 53.8 cm³/mol. The Kier molecular flexibility index (Phi) is 3.84. The third-order valence-electron chi connectivity index (χ3n) is 1.86. The number of aromatic nitrogens is 2. The molecule has 0 saturated heterocycles. The molecule has 0 atom stereocenters. The van der Waals surface area contributed by atoms with E-state index in [0.717, 1.165) is 0 Å². The lowest BCUT2D eigenvalue weighted by Crippen LogP contribution is -2.32. The quantitative estimate of drug-likeness (QED) is 0.752. The van der Waals surface area contributed by atoms with Gasteiger partial charge in [0, 0.05) is 26.0 Å². The number of carbonyl (C=O) groups excluding carboxylic acids is 1. The van der Waals surface area contributed by atoms with E-state index in [-0.39, 0.29) is 12.5 Å². The Morgan fingerprint density at radius 3 is 2.71 bits per heavy atom. The minimum Gasteiger partial charge on any atom is -0.345 e. The van der Waals surface area contributed by atoms with Gasteiger partial charge in [0.25, 0.3) is 0 Å². The van der Waals surface area contributed by atoms with Gasteiger partial charge in [-0.15, -0.1) is 0 Å². The molecular weight excluding hydrogens is 180 g/mol. The molecular formula is C9H14N4O. The molecule has 1 aromatic heterocycles. The van der Waals surface area contributed by atoms with Gasteiger partial charge < -0.3 is 10.2 Å². The van der Waals surface area contributed by atoms with E-state index in [9.17, 15) is 4.79 Å². The molecule has 0 aliphatic rings. The van der Waals surface area contributed by atoms with E-state index in [0.29, 0.717) is 12.5 Å². The van der Waals surface area contributed by atoms with E-state index in [1.807, 2.05) is 6.92 Å². The van der Waals surface area contributed by atoms with Gasteiger partial charge in [-0.05, 0) is 13.0 Å². The summed E-state index contributed by atoms with van der Waals surface area (Å²) in [5, 5.41) is 2.85. The lowest BCUT2D eigenvalue weighted by atomic mass is 10.5. The zero-order valence-corrected chi connectivity index (χ0v) is 8.40. The van der Waals surface area contributed by atoms with Crippen LogP contribution in [0, 0.1) is 0 Å². The molecule has 0 fully saturated rings. The Balaban J connectivity index is 2.38. The van der Waals surface area contributed by atoms with Gasteiger partial charge >= 0.3 is 0 Å². The summed E-state index contributed by atoms with van der Waals surface area (Å²) < 4.78 is 0. The van der Waals surface area contributed by atoms with Crippen LogP contribution in [0.25, 0.3) is 0 Å². The summed E-state index contributed by atoms with van der Waals surface area (Å²) in [7, 11) is 1.76. The molecule has 0 spiro atoms. The van der Waals surface area contributed by atoms with Crippen LogP contribution in [0.15, 0.2) is 18.5 Å². The third-order valence-corrected chi connectivity index (χ3v) is 1.86. The lowest BCUT2D eigenvalue weighted by Gasteiger charge is -2.14. The van der Waals surface area contributed by atoms with Crippen molar-refractivity contribution in [1.82, 2.24) is 14.9 Å². The van der Waals surface area contributed by atoms with E-state index in [4.69, 9.17) is 0 Å². The first-order valence-corrected chi connectivity index (χ1v) is 4.49. The second kappa shape index (κ2) is 5.16.